The van der Waals surface area contributed by atoms with E-state index in [1.54, 1.807) is 18.2 Å². The molecule has 0 bridgehead atoms. The van der Waals surface area contributed by atoms with Crippen molar-refractivity contribution in [3.63, 3.8) is 0 Å². The van der Waals surface area contributed by atoms with Crippen LogP contribution in [-0.4, -0.2) is 113 Å². The summed E-state index contributed by atoms with van der Waals surface area (Å²) in [5, 5.41) is 5.14. The van der Waals surface area contributed by atoms with Crippen LogP contribution in [0.25, 0.3) is 0 Å². The first-order valence-corrected chi connectivity index (χ1v) is 20.9. The number of methoxy groups -OCH3 is 4. The van der Waals surface area contributed by atoms with Crippen LogP contribution in [-0.2, 0) is 46.5 Å². The van der Waals surface area contributed by atoms with Gasteiger partial charge in [-0.15, -0.1) is 12.0 Å². The van der Waals surface area contributed by atoms with Gasteiger partial charge in [0, 0.05) is 20.0 Å². The molecule has 2 aromatic carbocycles. The number of benzene rings is 2. The first kappa shape index (κ1) is 48.4. The van der Waals surface area contributed by atoms with Crippen LogP contribution in [0.15, 0.2) is 24.3 Å². The largest absolute Gasteiger partial charge is 0.494 e. The van der Waals surface area contributed by atoms with E-state index in [0.717, 1.165) is 0 Å². The topological polar surface area (TPSA) is 187 Å². The molecule has 2 atom stereocenters. The zero-order valence-corrected chi connectivity index (χ0v) is 34.9. The van der Waals surface area contributed by atoms with E-state index in [-0.39, 0.29) is 53.7 Å². The van der Waals surface area contributed by atoms with Gasteiger partial charge in [0.15, 0.2) is 34.7 Å². The van der Waals surface area contributed by atoms with Gasteiger partial charge in [0.05, 0.1) is 51.6 Å². The quantitative estimate of drug-likeness (QED) is 0.124. The van der Waals surface area contributed by atoms with Gasteiger partial charge in [-0.25, -0.2) is 18.4 Å². The summed E-state index contributed by atoms with van der Waals surface area (Å²) < 4.78 is 47.0. The number of likely N-dealkylation sites (N-methyl/N-ethyl adjacent to an activating group) is 1. The molecule has 0 saturated heterocycles. The van der Waals surface area contributed by atoms with Gasteiger partial charge >= 0.3 is 18.1 Å². The Labute approximate surface area is 332 Å². The highest BCUT2D eigenvalue weighted by atomic mass is 79.9. The molecule has 2 N–H and O–H groups in total. The Morgan fingerprint density at radius 1 is 0.911 bits per heavy atom. The summed E-state index contributed by atoms with van der Waals surface area (Å²) in [6, 6.07) is 5.48. The molecule has 4 rings (SSSR count). The maximum atomic E-state index is 14.3. The second-order valence-corrected chi connectivity index (χ2v) is 17.8. The molecule has 0 radical (unpaired) electrons. The van der Waals surface area contributed by atoms with Crippen LogP contribution in [0.4, 0.5) is 8.78 Å². The Morgan fingerprint density at radius 2 is 1.38 bits per heavy atom. The second kappa shape index (κ2) is 22.1. The first-order chi connectivity index (χ1) is 26.3. The number of halogens is 3. The molecule has 2 aromatic rings. The molecular weight excluding hydrogens is 822 g/mol. The van der Waals surface area contributed by atoms with Crippen molar-refractivity contribution < 1.29 is 61.3 Å². The fourth-order valence-electron chi connectivity index (χ4n) is 4.98. The predicted molar refractivity (Wildman–Crippen MR) is 203 cm³/mol. The number of fused-ring (bicyclic) bond motifs is 2. The highest BCUT2D eigenvalue weighted by Crippen LogP contribution is 2.32. The minimum absolute atomic E-state index is 0.0104. The lowest BCUT2D eigenvalue weighted by Gasteiger charge is -2.29. The second-order valence-electron chi connectivity index (χ2n) is 12.6. The SMILES string of the molecule is C#C[C@](CN1Cc2ccc(OC)c(F)c2C1=O)(NC)C(=O)OC.COC(=O)C(C#C[Si](C)(C)C)NC(C)=O.COc1ccc2c(c1F)C(=O)N(CBr)C2.O=C=O. The number of hydrogen-bond donors (Lipinski definition) is 2. The van der Waals surface area contributed by atoms with Gasteiger partial charge in [-0.3, -0.25) is 19.7 Å². The number of carbonyl (C=O) groups is 5. The van der Waals surface area contributed by atoms with Gasteiger partial charge in [-0.1, -0.05) is 59.5 Å². The fourth-order valence-corrected chi connectivity index (χ4v) is 5.96. The Balaban J connectivity index is 0.000000419. The van der Waals surface area contributed by atoms with Crippen molar-refractivity contribution in [2.45, 2.75) is 51.2 Å². The zero-order valence-electron chi connectivity index (χ0n) is 32.3. The normalized spacial score (nSPS) is 13.6. The zero-order chi connectivity index (χ0) is 43.0. The molecule has 2 aliphatic heterocycles. The van der Waals surface area contributed by atoms with Crippen LogP contribution in [0.5, 0.6) is 11.5 Å². The Morgan fingerprint density at radius 3 is 1.73 bits per heavy atom. The van der Waals surface area contributed by atoms with Gasteiger partial charge in [0.25, 0.3) is 11.8 Å². The molecule has 1 unspecified atom stereocenters. The summed E-state index contributed by atoms with van der Waals surface area (Å²) in [5.41, 5.74) is 3.22. The summed E-state index contributed by atoms with van der Waals surface area (Å²) in [6.07, 6.45) is 5.70. The maximum absolute atomic E-state index is 14.3. The van der Waals surface area contributed by atoms with Gasteiger partial charge in [-0.2, -0.15) is 9.59 Å². The standard InChI is InChI=1S/C16H17FN2O4.C10H9BrFNO2.C10H17NO3Si.CO2/c1-5-16(18-2,15(21)23-4)9-19-8-10-6-7-11(22-3)13(17)12(10)14(19)20;1-15-7-3-2-6-4-13(5-11)10(14)8(6)9(7)12;1-8(12)11-9(10(13)14-2)6-7-15(3,4)5;2-1-3/h1,6-7,18H,8-9H2,2-4H3;2-3H,4-5H2,1H3;9H,1-5H3,(H,11,12);/t16-;;;/m1.../s1. The molecule has 302 valence electrons. The number of ether oxygens (including phenoxy) is 4. The molecule has 0 fully saturated rings. The Hall–Kier alpha value is -5.59. The highest BCUT2D eigenvalue weighted by Gasteiger charge is 2.43. The van der Waals surface area contributed by atoms with E-state index in [4.69, 9.17) is 30.2 Å². The number of amides is 3. The van der Waals surface area contributed by atoms with E-state index in [1.807, 2.05) is 0 Å². The first-order valence-electron chi connectivity index (χ1n) is 16.3. The maximum Gasteiger partial charge on any atom is 0.373 e. The van der Waals surface area contributed by atoms with E-state index < -0.39 is 49.1 Å². The van der Waals surface area contributed by atoms with Crippen LogP contribution < -0.4 is 20.1 Å². The van der Waals surface area contributed by atoms with Crippen molar-refractivity contribution >= 4 is 59.8 Å². The van der Waals surface area contributed by atoms with E-state index in [0.29, 0.717) is 23.1 Å². The molecular formula is C37H43BrF2N4O11Si. The van der Waals surface area contributed by atoms with Crippen molar-refractivity contribution in [2.75, 3.05) is 47.5 Å². The van der Waals surface area contributed by atoms with Gasteiger partial charge in [0.1, 0.15) is 8.07 Å². The summed E-state index contributed by atoms with van der Waals surface area (Å²) in [7, 11) is 5.13. The summed E-state index contributed by atoms with van der Waals surface area (Å²) in [4.78, 5) is 77.3. The fraction of sp³-hybridized carbons (Fsp3) is 0.405. The third kappa shape index (κ3) is 12.5. The van der Waals surface area contributed by atoms with E-state index in [1.165, 1.54) is 58.3 Å². The smallest absolute Gasteiger partial charge is 0.373 e. The minimum Gasteiger partial charge on any atom is -0.494 e. The Kier molecular flexibility index (Phi) is 19.1. The molecule has 19 heteroatoms. The van der Waals surface area contributed by atoms with Gasteiger partial charge < -0.3 is 34.1 Å². The van der Waals surface area contributed by atoms with Gasteiger partial charge in [0.2, 0.25) is 5.91 Å². The molecule has 3 amide bonds. The number of rotatable bonds is 9. The lowest BCUT2D eigenvalue weighted by Crippen LogP contribution is -2.57. The molecule has 0 aliphatic carbocycles. The van der Waals surface area contributed by atoms with Crippen molar-refractivity contribution in [2.24, 2.45) is 0 Å². The molecule has 2 aliphatic rings. The number of esters is 2. The number of hydrogen-bond acceptors (Lipinski definition) is 12. The average Bonchev–Trinajstić information content (AvgIpc) is 3.67. The van der Waals surface area contributed by atoms with Crippen molar-refractivity contribution in [1.29, 1.82) is 0 Å². The van der Waals surface area contributed by atoms with Crippen LogP contribution in [0.2, 0.25) is 19.6 Å². The lowest BCUT2D eigenvalue weighted by molar-refractivity contribution is -0.191. The number of nitrogens with zero attached hydrogens (tertiary/aromatic N) is 2. The van der Waals surface area contributed by atoms with Crippen molar-refractivity contribution in [3.05, 3.63) is 58.2 Å². The predicted octanol–water partition coefficient (Wildman–Crippen LogP) is 2.66. The van der Waals surface area contributed by atoms with Crippen molar-refractivity contribution in [1.82, 2.24) is 20.4 Å². The van der Waals surface area contributed by atoms with E-state index in [9.17, 15) is 32.8 Å². The lowest BCUT2D eigenvalue weighted by atomic mass is 10.0. The molecule has 0 spiro atoms. The molecule has 56 heavy (non-hydrogen) atoms. The molecule has 0 aromatic heterocycles. The third-order valence-corrected chi connectivity index (χ3v) is 9.21. The van der Waals surface area contributed by atoms with Crippen LogP contribution >= 0.6 is 15.9 Å². The van der Waals surface area contributed by atoms with Crippen LogP contribution in [0, 0.1) is 35.4 Å². The average molecular weight is 866 g/mol. The third-order valence-electron chi connectivity index (χ3n) is 7.71. The number of terminal acetylenes is 1. The summed E-state index contributed by atoms with van der Waals surface area (Å²) in [5.74, 6) is 1.54. The summed E-state index contributed by atoms with van der Waals surface area (Å²) >= 11 is 3.19. The monoisotopic (exact) mass is 864 g/mol. The Bertz CT molecular complexity index is 1940. The van der Waals surface area contributed by atoms with Crippen molar-refractivity contribution in [3.8, 4) is 35.3 Å². The molecule has 15 nitrogen and oxygen atoms in total. The van der Waals surface area contributed by atoms with E-state index >= 15 is 0 Å². The number of carbonyl (C=O) groups excluding carboxylic acids is 7. The number of nitrogens with one attached hydrogen (secondary N) is 2. The summed E-state index contributed by atoms with van der Waals surface area (Å²) in [6.45, 7) is 7.97. The van der Waals surface area contributed by atoms with E-state index in [2.05, 4.69) is 68.3 Å². The van der Waals surface area contributed by atoms with Gasteiger partial charge in [-0.05, 0) is 30.3 Å². The van der Waals surface area contributed by atoms with Crippen LogP contribution in [0.1, 0.15) is 38.8 Å². The highest BCUT2D eigenvalue weighted by molar-refractivity contribution is 9.09. The van der Waals surface area contributed by atoms with Crippen LogP contribution in [0.3, 0.4) is 0 Å². The minimum atomic E-state index is -1.55. The molecule has 2 heterocycles. The number of alkyl halides is 1. The molecule has 0 saturated carbocycles.